The van der Waals surface area contributed by atoms with Crippen LogP contribution in [0.1, 0.15) is 29.7 Å². The van der Waals surface area contributed by atoms with Crippen molar-refractivity contribution >= 4 is 29.0 Å². The maximum atomic E-state index is 9.65. The fraction of sp³-hybridized carbons (Fsp3) is 0.158. The van der Waals surface area contributed by atoms with E-state index in [0.29, 0.717) is 28.8 Å². The highest BCUT2D eigenvalue weighted by Crippen LogP contribution is 2.34. The fourth-order valence-corrected chi connectivity index (χ4v) is 3.35. The molecule has 0 atom stereocenters. The van der Waals surface area contributed by atoms with Crippen LogP contribution in [0, 0.1) is 22.7 Å². The number of thioether (sulfide) groups is 1. The predicted molar refractivity (Wildman–Crippen MR) is 101 cm³/mol. The van der Waals surface area contributed by atoms with Crippen molar-refractivity contribution in [1.82, 2.24) is 15.3 Å². The lowest BCUT2D eigenvalue weighted by Crippen LogP contribution is -2.09. The van der Waals surface area contributed by atoms with E-state index in [1.54, 1.807) is 24.4 Å². The summed E-state index contributed by atoms with van der Waals surface area (Å²) in [5, 5.41) is 27.8. The van der Waals surface area contributed by atoms with Crippen LogP contribution in [0.2, 0.25) is 0 Å². The molecule has 1 saturated carbocycles. The second-order valence-corrected chi connectivity index (χ2v) is 6.84. The SMILES string of the molecule is N#C/C(=C1\NC(c2ccc(C#N)cc2)=CS1)c1ccnc(NC2CC2)n1. The molecule has 26 heavy (non-hydrogen) atoms. The van der Waals surface area contributed by atoms with Gasteiger partial charge in [-0.05, 0) is 36.6 Å². The standard InChI is InChI=1S/C19H14N6S/c20-9-12-1-3-13(4-2-12)17-11-26-18(24-17)15(10-21)16-7-8-22-19(25-16)23-14-5-6-14/h1-4,7-8,11,14,24H,5-6H2,(H,22,23,25)/b18-15-. The lowest BCUT2D eigenvalue weighted by atomic mass is 10.1. The molecule has 0 radical (unpaired) electrons. The Morgan fingerprint density at radius 1 is 1.19 bits per heavy atom. The molecule has 4 rings (SSSR count). The van der Waals surface area contributed by atoms with Crippen molar-refractivity contribution in [1.29, 1.82) is 10.5 Å². The molecule has 1 aliphatic carbocycles. The van der Waals surface area contributed by atoms with Crippen LogP contribution in [0.25, 0.3) is 11.3 Å². The third kappa shape index (κ3) is 3.39. The van der Waals surface area contributed by atoms with Crippen LogP contribution in [0.15, 0.2) is 47.0 Å². The first-order chi connectivity index (χ1) is 12.8. The summed E-state index contributed by atoms with van der Waals surface area (Å²) in [6.07, 6.45) is 3.93. The number of allylic oxidation sites excluding steroid dienone is 1. The molecule has 6 nitrogen and oxygen atoms in total. The lowest BCUT2D eigenvalue weighted by Gasteiger charge is -2.08. The van der Waals surface area contributed by atoms with Gasteiger partial charge in [-0.15, -0.1) is 0 Å². The van der Waals surface area contributed by atoms with Crippen molar-refractivity contribution in [2.24, 2.45) is 0 Å². The van der Waals surface area contributed by atoms with Crippen molar-refractivity contribution in [3.63, 3.8) is 0 Å². The Labute approximate surface area is 155 Å². The highest BCUT2D eigenvalue weighted by molar-refractivity contribution is 8.06. The van der Waals surface area contributed by atoms with Gasteiger partial charge >= 0.3 is 0 Å². The number of nitrogens with one attached hydrogen (secondary N) is 2. The van der Waals surface area contributed by atoms with E-state index in [-0.39, 0.29) is 0 Å². The van der Waals surface area contributed by atoms with Crippen molar-refractivity contribution in [2.75, 3.05) is 5.32 Å². The van der Waals surface area contributed by atoms with E-state index in [9.17, 15) is 5.26 Å². The molecule has 0 unspecified atom stereocenters. The molecule has 0 amide bonds. The third-order valence-corrected chi connectivity index (χ3v) is 4.92. The number of aromatic nitrogens is 2. The maximum Gasteiger partial charge on any atom is 0.223 e. The Kier molecular flexibility index (Phi) is 4.30. The molecule has 0 bridgehead atoms. The average molecular weight is 358 g/mol. The molecule has 1 fully saturated rings. The molecule has 126 valence electrons. The minimum atomic E-state index is 0.451. The molecular weight excluding hydrogens is 344 g/mol. The summed E-state index contributed by atoms with van der Waals surface area (Å²) in [5.41, 5.74) is 3.55. The summed E-state index contributed by atoms with van der Waals surface area (Å²) in [6, 6.07) is 13.9. The van der Waals surface area contributed by atoms with Gasteiger partial charge in [-0.3, -0.25) is 0 Å². The van der Waals surface area contributed by atoms with E-state index in [1.165, 1.54) is 11.8 Å². The molecule has 1 aromatic heterocycles. The van der Waals surface area contributed by atoms with Gasteiger partial charge in [0.15, 0.2) is 0 Å². The summed E-state index contributed by atoms with van der Waals surface area (Å²) < 4.78 is 0. The Morgan fingerprint density at radius 2 is 2.00 bits per heavy atom. The zero-order chi connectivity index (χ0) is 17.9. The largest absolute Gasteiger partial charge is 0.351 e. The number of nitrogens with zero attached hydrogens (tertiary/aromatic N) is 4. The molecular formula is C19H14N6S. The first-order valence-corrected chi connectivity index (χ1v) is 9.03. The van der Waals surface area contributed by atoms with Crippen LogP contribution in [0.4, 0.5) is 5.95 Å². The molecule has 0 spiro atoms. The number of anilines is 1. The minimum absolute atomic E-state index is 0.451. The van der Waals surface area contributed by atoms with Crippen molar-refractivity contribution in [3.05, 3.63) is 63.8 Å². The Morgan fingerprint density at radius 3 is 2.69 bits per heavy atom. The van der Waals surface area contributed by atoms with Gasteiger partial charge in [-0.2, -0.15) is 10.5 Å². The van der Waals surface area contributed by atoms with Gasteiger partial charge < -0.3 is 10.6 Å². The smallest absolute Gasteiger partial charge is 0.223 e. The van der Waals surface area contributed by atoms with E-state index >= 15 is 0 Å². The van der Waals surface area contributed by atoms with Crippen LogP contribution in [0.3, 0.4) is 0 Å². The first-order valence-electron chi connectivity index (χ1n) is 8.15. The molecule has 2 aromatic rings. The van der Waals surface area contributed by atoms with E-state index in [2.05, 4.69) is 32.7 Å². The van der Waals surface area contributed by atoms with Crippen molar-refractivity contribution < 1.29 is 0 Å². The number of rotatable bonds is 4. The van der Waals surface area contributed by atoms with Crippen molar-refractivity contribution in [2.45, 2.75) is 18.9 Å². The number of hydrogen-bond donors (Lipinski definition) is 2. The predicted octanol–water partition coefficient (Wildman–Crippen LogP) is 3.45. The van der Waals surface area contributed by atoms with Crippen LogP contribution < -0.4 is 10.6 Å². The summed E-state index contributed by atoms with van der Waals surface area (Å²) in [5.74, 6) is 0.557. The topological polar surface area (TPSA) is 97.4 Å². The normalized spacial score (nSPS) is 17.5. The van der Waals surface area contributed by atoms with Gasteiger partial charge in [0, 0.05) is 17.6 Å². The molecule has 0 saturated heterocycles. The van der Waals surface area contributed by atoms with Gasteiger partial charge in [0.05, 0.1) is 28.1 Å². The lowest BCUT2D eigenvalue weighted by molar-refractivity contribution is 1.04. The Bertz CT molecular complexity index is 990. The van der Waals surface area contributed by atoms with Gasteiger partial charge in [0.1, 0.15) is 11.6 Å². The fourth-order valence-electron chi connectivity index (χ4n) is 2.49. The summed E-state index contributed by atoms with van der Waals surface area (Å²) in [6.45, 7) is 0. The van der Waals surface area contributed by atoms with Gasteiger partial charge in [0.25, 0.3) is 0 Å². The maximum absolute atomic E-state index is 9.65. The highest BCUT2D eigenvalue weighted by atomic mass is 32.2. The number of benzene rings is 1. The van der Waals surface area contributed by atoms with Gasteiger partial charge in [-0.25, -0.2) is 9.97 Å². The molecule has 1 aromatic carbocycles. The van der Waals surface area contributed by atoms with E-state index in [0.717, 1.165) is 29.1 Å². The van der Waals surface area contributed by atoms with E-state index < -0.39 is 0 Å². The van der Waals surface area contributed by atoms with Gasteiger partial charge in [-0.1, -0.05) is 23.9 Å². The van der Waals surface area contributed by atoms with Crippen LogP contribution in [-0.4, -0.2) is 16.0 Å². The average Bonchev–Trinajstić information content (AvgIpc) is 3.36. The second kappa shape index (κ2) is 6.91. The number of hydrogen-bond acceptors (Lipinski definition) is 7. The Hall–Kier alpha value is -3.29. The quantitative estimate of drug-likeness (QED) is 0.808. The van der Waals surface area contributed by atoms with Crippen molar-refractivity contribution in [3.8, 4) is 12.1 Å². The molecule has 1 aliphatic heterocycles. The summed E-state index contributed by atoms with van der Waals surface area (Å²) in [7, 11) is 0. The zero-order valence-corrected chi connectivity index (χ0v) is 14.5. The van der Waals surface area contributed by atoms with E-state index in [1.807, 2.05) is 17.5 Å². The minimum Gasteiger partial charge on any atom is -0.351 e. The van der Waals surface area contributed by atoms with E-state index in [4.69, 9.17) is 5.26 Å². The monoisotopic (exact) mass is 358 g/mol. The summed E-state index contributed by atoms with van der Waals surface area (Å²) in [4.78, 5) is 8.69. The van der Waals surface area contributed by atoms with Gasteiger partial charge in [0.2, 0.25) is 5.95 Å². The van der Waals surface area contributed by atoms with Crippen LogP contribution in [0.5, 0.6) is 0 Å². The molecule has 2 N–H and O–H groups in total. The third-order valence-electron chi connectivity index (χ3n) is 4.03. The Balaban J connectivity index is 1.57. The first kappa shape index (κ1) is 16.2. The molecule has 2 heterocycles. The highest BCUT2D eigenvalue weighted by Gasteiger charge is 2.23. The molecule has 2 aliphatic rings. The second-order valence-electron chi connectivity index (χ2n) is 5.96. The molecule has 7 heteroatoms. The number of nitriles is 2. The zero-order valence-electron chi connectivity index (χ0n) is 13.7. The van der Waals surface area contributed by atoms with Crippen LogP contribution >= 0.6 is 11.8 Å². The summed E-state index contributed by atoms with van der Waals surface area (Å²) >= 11 is 1.45. The van der Waals surface area contributed by atoms with Crippen LogP contribution in [-0.2, 0) is 0 Å².